The molecular weight excluding hydrogens is 235 g/mol. The lowest BCUT2D eigenvalue weighted by Crippen LogP contribution is -1.99. The van der Waals surface area contributed by atoms with Crippen molar-refractivity contribution in [2.75, 3.05) is 5.32 Å². The molecule has 0 unspecified atom stereocenters. The van der Waals surface area contributed by atoms with Gasteiger partial charge in [-0.1, -0.05) is 12.1 Å². The van der Waals surface area contributed by atoms with Crippen LogP contribution in [0, 0.1) is 15.9 Å². The molecule has 18 heavy (non-hydrogen) atoms. The standard InChI is InChI=1S/C13H11FN2O2/c14-11-3-1-2-10(8-11)9-15-12-4-6-13(7-5-12)16(17)18/h1-8,15H,9H2. The molecule has 0 aliphatic carbocycles. The third kappa shape index (κ3) is 3.04. The number of hydrogen-bond donors (Lipinski definition) is 1. The van der Waals surface area contributed by atoms with Crippen LogP contribution in [-0.2, 0) is 6.54 Å². The number of nitro benzene ring substituents is 1. The predicted molar refractivity (Wildman–Crippen MR) is 66.8 cm³/mol. The number of hydrogen-bond acceptors (Lipinski definition) is 3. The first-order valence-corrected chi connectivity index (χ1v) is 5.38. The highest BCUT2D eigenvalue weighted by molar-refractivity contribution is 5.48. The van der Waals surface area contributed by atoms with Crippen LogP contribution >= 0.6 is 0 Å². The quantitative estimate of drug-likeness (QED) is 0.664. The van der Waals surface area contributed by atoms with E-state index in [2.05, 4.69) is 5.32 Å². The van der Waals surface area contributed by atoms with Gasteiger partial charge in [-0.05, 0) is 29.8 Å². The van der Waals surface area contributed by atoms with Crippen LogP contribution < -0.4 is 5.32 Å². The third-order valence-electron chi connectivity index (χ3n) is 2.46. The largest absolute Gasteiger partial charge is 0.381 e. The number of nitrogens with one attached hydrogen (secondary N) is 1. The first kappa shape index (κ1) is 12.0. The second kappa shape index (κ2) is 5.27. The summed E-state index contributed by atoms with van der Waals surface area (Å²) in [7, 11) is 0. The van der Waals surface area contributed by atoms with Crippen molar-refractivity contribution in [2.24, 2.45) is 0 Å². The molecule has 0 aromatic heterocycles. The number of halogens is 1. The molecule has 0 aliphatic rings. The Labute approximate surface area is 103 Å². The van der Waals surface area contributed by atoms with Gasteiger partial charge in [0.05, 0.1) is 4.92 Å². The van der Waals surface area contributed by atoms with Crippen LogP contribution in [0.3, 0.4) is 0 Å². The molecule has 92 valence electrons. The van der Waals surface area contributed by atoms with Gasteiger partial charge in [-0.2, -0.15) is 0 Å². The van der Waals surface area contributed by atoms with Gasteiger partial charge in [0.2, 0.25) is 0 Å². The van der Waals surface area contributed by atoms with Crippen molar-refractivity contribution in [1.29, 1.82) is 0 Å². The molecule has 0 spiro atoms. The van der Waals surface area contributed by atoms with Crippen LogP contribution in [0.25, 0.3) is 0 Å². The Kier molecular flexibility index (Phi) is 3.52. The van der Waals surface area contributed by atoms with Crippen molar-refractivity contribution in [3.05, 3.63) is 70.0 Å². The molecule has 0 fully saturated rings. The summed E-state index contributed by atoms with van der Waals surface area (Å²) in [4.78, 5) is 10.0. The van der Waals surface area contributed by atoms with Gasteiger partial charge >= 0.3 is 0 Å². The van der Waals surface area contributed by atoms with E-state index in [4.69, 9.17) is 0 Å². The molecule has 2 aromatic carbocycles. The molecule has 0 radical (unpaired) electrons. The minimum atomic E-state index is -0.448. The summed E-state index contributed by atoms with van der Waals surface area (Å²) in [5.41, 5.74) is 1.62. The van der Waals surface area contributed by atoms with E-state index in [-0.39, 0.29) is 11.5 Å². The van der Waals surface area contributed by atoms with Crippen LogP contribution in [0.5, 0.6) is 0 Å². The minimum absolute atomic E-state index is 0.0475. The lowest BCUT2D eigenvalue weighted by molar-refractivity contribution is -0.384. The number of non-ortho nitro benzene ring substituents is 1. The molecule has 0 aliphatic heterocycles. The number of rotatable bonds is 4. The lowest BCUT2D eigenvalue weighted by Gasteiger charge is -2.06. The molecular formula is C13H11FN2O2. The van der Waals surface area contributed by atoms with Gasteiger partial charge < -0.3 is 5.32 Å². The number of nitro groups is 1. The van der Waals surface area contributed by atoms with Gasteiger partial charge in [-0.25, -0.2) is 4.39 Å². The number of anilines is 1. The molecule has 5 heteroatoms. The monoisotopic (exact) mass is 246 g/mol. The van der Waals surface area contributed by atoms with Gasteiger partial charge in [0.25, 0.3) is 5.69 Å². The van der Waals surface area contributed by atoms with Crippen LogP contribution in [0.1, 0.15) is 5.56 Å². The summed E-state index contributed by atoms with van der Waals surface area (Å²) in [6.45, 7) is 0.468. The van der Waals surface area contributed by atoms with Crippen LogP contribution in [-0.4, -0.2) is 4.92 Å². The Balaban J connectivity index is 2.00. The smallest absolute Gasteiger partial charge is 0.269 e. The van der Waals surface area contributed by atoms with E-state index in [1.807, 2.05) is 6.07 Å². The summed E-state index contributed by atoms with van der Waals surface area (Å²) in [6.07, 6.45) is 0. The second-order valence-corrected chi connectivity index (χ2v) is 3.79. The zero-order chi connectivity index (χ0) is 13.0. The Morgan fingerprint density at radius 2 is 1.89 bits per heavy atom. The van der Waals surface area contributed by atoms with Crippen molar-refractivity contribution in [3.63, 3.8) is 0 Å². The topological polar surface area (TPSA) is 55.2 Å². The maximum atomic E-state index is 12.9. The van der Waals surface area contributed by atoms with E-state index in [1.54, 1.807) is 18.2 Å². The van der Waals surface area contributed by atoms with Crippen molar-refractivity contribution in [2.45, 2.75) is 6.54 Å². The van der Waals surface area contributed by atoms with E-state index >= 15 is 0 Å². The fourth-order valence-electron chi connectivity index (χ4n) is 1.55. The van der Waals surface area contributed by atoms with E-state index < -0.39 is 4.92 Å². The van der Waals surface area contributed by atoms with Gasteiger partial charge in [-0.3, -0.25) is 10.1 Å². The molecule has 0 amide bonds. The summed E-state index contributed by atoms with van der Waals surface area (Å²) < 4.78 is 12.9. The Morgan fingerprint density at radius 3 is 2.50 bits per heavy atom. The molecule has 2 rings (SSSR count). The zero-order valence-corrected chi connectivity index (χ0v) is 9.47. The van der Waals surface area contributed by atoms with E-state index in [9.17, 15) is 14.5 Å². The first-order valence-electron chi connectivity index (χ1n) is 5.38. The average molecular weight is 246 g/mol. The van der Waals surface area contributed by atoms with Gasteiger partial charge in [0.15, 0.2) is 0 Å². The maximum Gasteiger partial charge on any atom is 0.269 e. The third-order valence-corrected chi connectivity index (χ3v) is 2.46. The van der Waals surface area contributed by atoms with E-state index in [1.165, 1.54) is 24.3 Å². The summed E-state index contributed by atoms with van der Waals surface area (Å²) in [6, 6.07) is 12.4. The Hall–Kier alpha value is -2.43. The molecule has 1 N–H and O–H groups in total. The van der Waals surface area contributed by atoms with Crippen LogP contribution in [0.4, 0.5) is 15.8 Å². The lowest BCUT2D eigenvalue weighted by atomic mass is 10.2. The van der Waals surface area contributed by atoms with Gasteiger partial charge in [0.1, 0.15) is 5.82 Å². The van der Waals surface area contributed by atoms with Gasteiger partial charge in [-0.15, -0.1) is 0 Å². The fourth-order valence-corrected chi connectivity index (χ4v) is 1.55. The maximum absolute atomic E-state index is 12.9. The summed E-state index contributed by atoms with van der Waals surface area (Å²) >= 11 is 0. The van der Waals surface area contributed by atoms with Crippen molar-refractivity contribution < 1.29 is 9.31 Å². The van der Waals surface area contributed by atoms with Crippen LogP contribution in [0.2, 0.25) is 0 Å². The highest BCUT2D eigenvalue weighted by Crippen LogP contribution is 2.16. The summed E-state index contributed by atoms with van der Waals surface area (Å²) in [5, 5.41) is 13.5. The highest BCUT2D eigenvalue weighted by Gasteiger charge is 2.03. The molecule has 0 saturated carbocycles. The number of benzene rings is 2. The predicted octanol–water partition coefficient (Wildman–Crippen LogP) is 3.35. The molecule has 4 nitrogen and oxygen atoms in total. The normalized spacial score (nSPS) is 10.1. The molecule has 2 aromatic rings. The minimum Gasteiger partial charge on any atom is -0.381 e. The highest BCUT2D eigenvalue weighted by atomic mass is 19.1. The molecule has 0 bridgehead atoms. The summed E-state index contributed by atoms with van der Waals surface area (Å²) in [5.74, 6) is -0.280. The fraction of sp³-hybridized carbons (Fsp3) is 0.0769. The van der Waals surface area contributed by atoms with Crippen molar-refractivity contribution in [1.82, 2.24) is 0 Å². The molecule has 0 atom stereocenters. The van der Waals surface area contributed by atoms with Gasteiger partial charge in [0, 0.05) is 24.4 Å². The molecule has 0 saturated heterocycles. The molecule has 0 heterocycles. The Morgan fingerprint density at radius 1 is 1.17 bits per heavy atom. The van der Waals surface area contributed by atoms with E-state index in [0.29, 0.717) is 6.54 Å². The average Bonchev–Trinajstić information content (AvgIpc) is 2.37. The zero-order valence-electron chi connectivity index (χ0n) is 9.47. The van der Waals surface area contributed by atoms with E-state index in [0.717, 1.165) is 11.3 Å². The van der Waals surface area contributed by atoms with Crippen molar-refractivity contribution in [3.8, 4) is 0 Å². The SMILES string of the molecule is O=[N+]([O-])c1ccc(NCc2cccc(F)c2)cc1. The number of nitrogens with zero attached hydrogens (tertiary/aromatic N) is 1. The first-order chi connectivity index (χ1) is 8.65. The van der Waals surface area contributed by atoms with Crippen LogP contribution in [0.15, 0.2) is 48.5 Å². The van der Waals surface area contributed by atoms with Crippen molar-refractivity contribution >= 4 is 11.4 Å². The Bertz CT molecular complexity index is 555. The second-order valence-electron chi connectivity index (χ2n) is 3.79.